The lowest BCUT2D eigenvalue weighted by molar-refractivity contribution is 0.632. The third-order valence-corrected chi connectivity index (χ3v) is 2.42. The number of nitrogens with zero attached hydrogens (tertiary/aromatic N) is 2. The van der Waals surface area contributed by atoms with Gasteiger partial charge in [0.1, 0.15) is 11.6 Å². The highest BCUT2D eigenvalue weighted by Crippen LogP contribution is 2.22. The van der Waals surface area contributed by atoms with Crippen LogP contribution < -0.4 is 10.6 Å². The lowest BCUT2D eigenvalue weighted by Crippen LogP contribution is -2.03. The van der Waals surface area contributed by atoms with Gasteiger partial charge in [0.2, 0.25) is 0 Å². The van der Waals surface area contributed by atoms with E-state index < -0.39 is 5.82 Å². The van der Waals surface area contributed by atoms with Crippen LogP contribution in [0.1, 0.15) is 6.92 Å². The first-order valence-corrected chi connectivity index (χ1v) is 5.85. The molecule has 4 nitrogen and oxygen atoms in total. The predicted molar refractivity (Wildman–Crippen MR) is 70.9 cm³/mol. The first kappa shape index (κ1) is 12.6. The quantitative estimate of drug-likeness (QED) is 0.890. The number of hydrogen-bond donors (Lipinski definition) is 2. The average molecular weight is 267 g/mol. The number of anilines is 3. The highest BCUT2D eigenvalue weighted by molar-refractivity contribution is 6.30. The summed E-state index contributed by atoms with van der Waals surface area (Å²) < 4.78 is 13.5. The number of halogens is 2. The zero-order valence-corrected chi connectivity index (χ0v) is 10.5. The first-order chi connectivity index (χ1) is 8.69. The topological polar surface area (TPSA) is 49.8 Å². The van der Waals surface area contributed by atoms with Gasteiger partial charge in [-0.05, 0) is 25.1 Å². The van der Waals surface area contributed by atoms with Crippen molar-refractivity contribution in [1.82, 2.24) is 9.97 Å². The molecule has 0 fully saturated rings. The average Bonchev–Trinajstić information content (AvgIpc) is 2.35. The van der Waals surface area contributed by atoms with Gasteiger partial charge in [-0.1, -0.05) is 11.6 Å². The van der Waals surface area contributed by atoms with E-state index in [0.29, 0.717) is 16.7 Å². The molecule has 0 aliphatic rings. The third kappa shape index (κ3) is 3.07. The second kappa shape index (κ2) is 5.64. The van der Waals surface area contributed by atoms with Crippen LogP contribution in [0.5, 0.6) is 0 Å². The van der Waals surface area contributed by atoms with Gasteiger partial charge in [-0.15, -0.1) is 0 Å². The van der Waals surface area contributed by atoms with Crippen molar-refractivity contribution in [3.8, 4) is 0 Å². The maximum Gasteiger partial charge on any atom is 0.151 e. The maximum absolute atomic E-state index is 13.5. The fourth-order valence-corrected chi connectivity index (χ4v) is 1.60. The van der Waals surface area contributed by atoms with E-state index in [0.717, 1.165) is 6.54 Å². The van der Waals surface area contributed by atoms with Gasteiger partial charge in [0.15, 0.2) is 5.82 Å². The van der Waals surface area contributed by atoms with Crippen LogP contribution in [0.4, 0.5) is 21.7 Å². The minimum atomic E-state index is -0.393. The lowest BCUT2D eigenvalue weighted by Gasteiger charge is -2.08. The van der Waals surface area contributed by atoms with E-state index in [1.165, 1.54) is 24.4 Å². The fraction of sp³-hybridized carbons (Fsp3) is 0.167. The van der Waals surface area contributed by atoms with Gasteiger partial charge < -0.3 is 10.6 Å². The molecular formula is C12H12ClFN4. The molecule has 0 amide bonds. The minimum absolute atomic E-state index is 0.269. The van der Waals surface area contributed by atoms with Crippen LogP contribution in [0.25, 0.3) is 0 Å². The predicted octanol–water partition coefficient (Wildman–Crippen LogP) is 3.44. The summed E-state index contributed by atoms with van der Waals surface area (Å²) in [6.07, 6.45) is 3.12. The molecule has 0 atom stereocenters. The van der Waals surface area contributed by atoms with E-state index in [1.807, 2.05) is 6.92 Å². The standard InChI is InChI=1S/C12H12ClFN4/c1-2-16-11-6-15-7-12(18-11)17-10-5-8(13)3-4-9(10)14/h3-7H,2H2,1H3,(H2,16,17,18). The SMILES string of the molecule is CCNc1cncc(Nc2cc(Cl)ccc2F)n1. The summed E-state index contributed by atoms with van der Waals surface area (Å²) in [5.41, 5.74) is 0.269. The zero-order chi connectivity index (χ0) is 13.0. The first-order valence-electron chi connectivity index (χ1n) is 5.47. The van der Waals surface area contributed by atoms with Crippen LogP contribution in [0.3, 0.4) is 0 Å². The third-order valence-electron chi connectivity index (χ3n) is 2.18. The van der Waals surface area contributed by atoms with E-state index in [4.69, 9.17) is 11.6 Å². The fourth-order valence-electron chi connectivity index (χ4n) is 1.42. The number of hydrogen-bond acceptors (Lipinski definition) is 4. The number of benzene rings is 1. The van der Waals surface area contributed by atoms with Gasteiger partial charge in [-0.2, -0.15) is 0 Å². The summed E-state index contributed by atoms with van der Waals surface area (Å²) in [6.45, 7) is 2.70. The van der Waals surface area contributed by atoms with Crippen molar-refractivity contribution in [2.75, 3.05) is 17.2 Å². The molecule has 94 valence electrons. The van der Waals surface area contributed by atoms with Crippen molar-refractivity contribution < 1.29 is 4.39 Å². The second-order valence-electron chi connectivity index (χ2n) is 3.57. The van der Waals surface area contributed by atoms with Crippen LogP contribution in [-0.2, 0) is 0 Å². The second-order valence-corrected chi connectivity index (χ2v) is 4.01. The maximum atomic E-state index is 13.5. The normalized spacial score (nSPS) is 10.2. The molecule has 2 aromatic rings. The molecule has 6 heteroatoms. The Kier molecular flexibility index (Phi) is 3.94. The lowest BCUT2D eigenvalue weighted by atomic mass is 10.3. The molecule has 2 N–H and O–H groups in total. The van der Waals surface area contributed by atoms with Crippen LogP contribution in [0, 0.1) is 5.82 Å². The Labute approximate surface area is 109 Å². The summed E-state index contributed by atoms with van der Waals surface area (Å²) in [5, 5.41) is 6.32. The molecule has 18 heavy (non-hydrogen) atoms. The van der Waals surface area contributed by atoms with Crippen molar-refractivity contribution in [2.24, 2.45) is 0 Å². The van der Waals surface area contributed by atoms with E-state index in [9.17, 15) is 4.39 Å². The summed E-state index contributed by atoms with van der Waals surface area (Å²) in [5.74, 6) is 0.689. The van der Waals surface area contributed by atoms with Crippen molar-refractivity contribution in [1.29, 1.82) is 0 Å². The zero-order valence-electron chi connectivity index (χ0n) is 9.74. The Bertz CT molecular complexity index is 547. The highest BCUT2D eigenvalue weighted by atomic mass is 35.5. The van der Waals surface area contributed by atoms with Crippen LogP contribution in [-0.4, -0.2) is 16.5 Å². The van der Waals surface area contributed by atoms with Crippen LogP contribution in [0.15, 0.2) is 30.6 Å². The van der Waals surface area contributed by atoms with Crippen LogP contribution >= 0.6 is 11.6 Å². The van der Waals surface area contributed by atoms with Crippen LogP contribution in [0.2, 0.25) is 5.02 Å². The van der Waals surface area contributed by atoms with Crippen molar-refractivity contribution >= 4 is 28.9 Å². The Hall–Kier alpha value is -1.88. The summed E-state index contributed by atoms with van der Waals surface area (Å²) in [6, 6.07) is 4.29. The van der Waals surface area contributed by atoms with Gasteiger partial charge >= 0.3 is 0 Å². The van der Waals surface area contributed by atoms with E-state index in [2.05, 4.69) is 20.6 Å². The van der Waals surface area contributed by atoms with Gasteiger partial charge in [-0.25, -0.2) is 9.37 Å². The van der Waals surface area contributed by atoms with Crippen molar-refractivity contribution in [3.05, 3.63) is 41.4 Å². The molecule has 2 rings (SSSR count). The Morgan fingerprint density at radius 3 is 2.83 bits per heavy atom. The smallest absolute Gasteiger partial charge is 0.151 e. The molecule has 0 radical (unpaired) electrons. The summed E-state index contributed by atoms with van der Waals surface area (Å²) >= 11 is 5.81. The molecule has 1 heterocycles. The summed E-state index contributed by atoms with van der Waals surface area (Å²) in [4.78, 5) is 8.24. The Balaban J connectivity index is 2.22. The Morgan fingerprint density at radius 1 is 1.28 bits per heavy atom. The van der Waals surface area contributed by atoms with Gasteiger partial charge in [0.05, 0.1) is 18.1 Å². The van der Waals surface area contributed by atoms with Gasteiger partial charge in [0, 0.05) is 11.6 Å². The van der Waals surface area contributed by atoms with E-state index in [-0.39, 0.29) is 5.69 Å². The molecule has 0 bridgehead atoms. The van der Waals surface area contributed by atoms with E-state index in [1.54, 1.807) is 6.20 Å². The number of aromatic nitrogens is 2. The van der Waals surface area contributed by atoms with Gasteiger partial charge in [0.25, 0.3) is 0 Å². The number of rotatable bonds is 4. The Morgan fingerprint density at radius 2 is 2.06 bits per heavy atom. The molecule has 0 unspecified atom stereocenters. The number of nitrogens with one attached hydrogen (secondary N) is 2. The molecule has 0 aliphatic heterocycles. The van der Waals surface area contributed by atoms with Crippen molar-refractivity contribution in [3.63, 3.8) is 0 Å². The molecule has 1 aromatic carbocycles. The monoisotopic (exact) mass is 266 g/mol. The minimum Gasteiger partial charge on any atom is -0.369 e. The van der Waals surface area contributed by atoms with Crippen molar-refractivity contribution in [2.45, 2.75) is 6.92 Å². The molecule has 0 spiro atoms. The highest BCUT2D eigenvalue weighted by Gasteiger charge is 2.05. The molecule has 0 saturated heterocycles. The van der Waals surface area contributed by atoms with Gasteiger partial charge in [-0.3, -0.25) is 4.98 Å². The largest absolute Gasteiger partial charge is 0.369 e. The molecular weight excluding hydrogens is 255 g/mol. The molecule has 0 aliphatic carbocycles. The molecule has 0 saturated carbocycles. The molecule has 1 aromatic heterocycles. The van der Waals surface area contributed by atoms with E-state index >= 15 is 0 Å². The summed E-state index contributed by atoms with van der Waals surface area (Å²) in [7, 11) is 0.